The summed E-state index contributed by atoms with van der Waals surface area (Å²) in [6.07, 6.45) is 61.1. The highest BCUT2D eigenvalue weighted by Gasteiger charge is 2.51. The van der Waals surface area contributed by atoms with Crippen LogP contribution in [0.1, 0.15) is 290 Å². The number of aliphatic hydroxyl groups is 8. The third-order valence-corrected chi connectivity index (χ3v) is 17.1. The Morgan fingerprint density at radius 3 is 1.26 bits per heavy atom. The smallest absolute Gasteiger partial charge is 0.220 e. The number of carbonyl (C=O) groups excluding carboxylic acids is 1. The molecule has 2 saturated heterocycles. The lowest BCUT2D eigenvalue weighted by molar-refractivity contribution is -0.359. The molecule has 9 N–H and O–H groups in total. The van der Waals surface area contributed by atoms with Crippen molar-refractivity contribution in [3.63, 3.8) is 0 Å². The van der Waals surface area contributed by atoms with E-state index in [0.717, 1.165) is 70.6 Å². The van der Waals surface area contributed by atoms with Crippen LogP contribution in [0, 0.1) is 0 Å². The van der Waals surface area contributed by atoms with Crippen LogP contribution in [0.2, 0.25) is 0 Å². The standard InChI is InChI=1S/C73H131NO13/c1-3-5-7-9-11-13-15-17-19-21-23-25-26-27-28-29-30-31-32-33-34-35-37-38-40-42-44-46-48-50-52-54-56-62(77)61(60-84-72-70(83)68(81)71(64(59-76)86-72)87-73-69(82)67(80)66(79)63(58-75)85-73)74-65(78)57-55-53-51-49-47-45-43-41-39-36-24-22-20-18-16-14-12-10-8-6-4-2/h6,8,12,14,18,20,24,36,46,48,54,56,61-64,66-73,75-77,79-83H,3-5,7,9-11,13,15-17,19,21-23,25-35,37-45,47,49-53,55,57-60H2,1-2H3,(H,74,78)/b8-6-,14-12-,20-18-,36-24-,48-46+,56-54+. The fourth-order valence-corrected chi connectivity index (χ4v) is 11.5. The maximum Gasteiger partial charge on any atom is 0.220 e. The van der Waals surface area contributed by atoms with E-state index in [1.54, 1.807) is 6.08 Å². The van der Waals surface area contributed by atoms with Crippen LogP contribution in [-0.4, -0.2) is 140 Å². The lowest BCUT2D eigenvalue weighted by Gasteiger charge is -2.46. The van der Waals surface area contributed by atoms with Crippen molar-refractivity contribution in [2.24, 2.45) is 0 Å². The van der Waals surface area contributed by atoms with E-state index in [1.165, 1.54) is 186 Å². The first-order chi connectivity index (χ1) is 42.6. The van der Waals surface area contributed by atoms with E-state index in [4.69, 9.17) is 18.9 Å². The summed E-state index contributed by atoms with van der Waals surface area (Å²) in [5.41, 5.74) is 0. The molecule has 14 nitrogen and oxygen atoms in total. The van der Waals surface area contributed by atoms with Gasteiger partial charge in [-0.1, -0.05) is 286 Å². The van der Waals surface area contributed by atoms with Gasteiger partial charge in [0.25, 0.3) is 0 Å². The number of hydrogen-bond acceptors (Lipinski definition) is 13. The third-order valence-electron chi connectivity index (χ3n) is 17.1. The molecule has 0 bridgehead atoms. The van der Waals surface area contributed by atoms with Gasteiger partial charge in [-0.15, -0.1) is 0 Å². The highest BCUT2D eigenvalue weighted by molar-refractivity contribution is 5.76. The molecule has 2 aliphatic rings. The molecule has 0 aromatic rings. The van der Waals surface area contributed by atoms with Gasteiger partial charge in [-0.25, -0.2) is 0 Å². The van der Waals surface area contributed by atoms with Crippen molar-refractivity contribution in [3.05, 3.63) is 72.9 Å². The molecule has 87 heavy (non-hydrogen) atoms. The summed E-state index contributed by atoms with van der Waals surface area (Å²) in [6.45, 7) is 2.69. The van der Waals surface area contributed by atoms with Crippen LogP contribution < -0.4 is 5.32 Å². The van der Waals surface area contributed by atoms with Gasteiger partial charge in [0.15, 0.2) is 12.6 Å². The summed E-state index contributed by atoms with van der Waals surface area (Å²) in [5.74, 6) is -0.257. The van der Waals surface area contributed by atoms with Crippen LogP contribution in [0.3, 0.4) is 0 Å². The van der Waals surface area contributed by atoms with E-state index in [0.29, 0.717) is 12.8 Å². The van der Waals surface area contributed by atoms with Crippen LogP contribution in [0.25, 0.3) is 0 Å². The minimum Gasteiger partial charge on any atom is -0.394 e. The summed E-state index contributed by atoms with van der Waals surface area (Å²) >= 11 is 0. The highest BCUT2D eigenvalue weighted by atomic mass is 16.7. The third kappa shape index (κ3) is 41.5. The minimum atomic E-state index is -1.80. The molecule has 14 heteroatoms. The number of amides is 1. The lowest BCUT2D eigenvalue weighted by Crippen LogP contribution is -2.65. The van der Waals surface area contributed by atoms with Gasteiger partial charge in [-0.3, -0.25) is 4.79 Å². The summed E-state index contributed by atoms with van der Waals surface area (Å²) in [5, 5.41) is 87.4. The molecule has 0 aromatic carbocycles. The fraction of sp³-hybridized carbons (Fsp3) is 0.822. The Kier molecular flexibility index (Phi) is 53.1. The van der Waals surface area contributed by atoms with E-state index in [2.05, 4.69) is 79.9 Å². The maximum atomic E-state index is 13.3. The van der Waals surface area contributed by atoms with Gasteiger partial charge in [0.1, 0.15) is 48.8 Å². The van der Waals surface area contributed by atoms with Crippen molar-refractivity contribution in [2.45, 2.75) is 364 Å². The number of unbranched alkanes of at least 4 members (excludes halogenated alkanes) is 35. The van der Waals surface area contributed by atoms with Crippen molar-refractivity contribution in [3.8, 4) is 0 Å². The average Bonchev–Trinajstić information content (AvgIpc) is 1.56. The molecule has 506 valence electrons. The lowest BCUT2D eigenvalue weighted by atomic mass is 9.97. The molecule has 2 rings (SSSR count). The summed E-state index contributed by atoms with van der Waals surface area (Å²) < 4.78 is 22.8. The Labute approximate surface area is 529 Å². The molecule has 0 radical (unpaired) electrons. The van der Waals surface area contributed by atoms with Gasteiger partial charge in [0, 0.05) is 6.42 Å². The molecule has 0 aliphatic carbocycles. The van der Waals surface area contributed by atoms with Gasteiger partial charge >= 0.3 is 0 Å². The first kappa shape index (κ1) is 80.5. The van der Waals surface area contributed by atoms with Crippen LogP contribution in [-0.2, 0) is 23.7 Å². The molecular formula is C73H131NO13. The molecule has 2 aliphatic heterocycles. The van der Waals surface area contributed by atoms with E-state index < -0.39 is 86.8 Å². The van der Waals surface area contributed by atoms with E-state index >= 15 is 0 Å². The molecule has 12 atom stereocenters. The first-order valence-corrected chi connectivity index (χ1v) is 35.7. The summed E-state index contributed by atoms with van der Waals surface area (Å²) in [6, 6.07) is -0.942. The Morgan fingerprint density at radius 1 is 0.425 bits per heavy atom. The Morgan fingerprint density at radius 2 is 0.805 bits per heavy atom. The second-order valence-electron chi connectivity index (χ2n) is 25.0. The number of nitrogens with one attached hydrogen (secondary N) is 1. The SMILES string of the molecule is CC/C=C\C/C=C\C/C=C\C/C=C\CCCCCCCCCCC(=O)NC(COC1OC(CO)C(OC2OC(CO)C(O)C(O)C2O)C(O)C1O)C(O)/C=C/CC/C=C/CCCCCCCCCCCCCCCCCCCCCCCCCCCC. The normalized spacial score (nSPS) is 23.7. The van der Waals surface area contributed by atoms with Crippen molar-refractivity contribution < 1.29 is 64.6 Å². The predicted molar refractivity (Wildman–Crippen MR) is 355 cm³/mol. The van der Waals surface area contributed by atoms with Gasteiger partial charge in [0.2, 0.25) is 5.91 Å². The van der Waals surface area contributed by atoms with Crippen molar-refractivity contribution >= 4 is 5.91 Å². The Hall–Kier alpha value is -2.57. The number of ether oxygens (including phenoxy) is 4. The molecular weight excluding hydrogens is 1100 g/mol. The van der Waals surface area contributed by atoms with Crippen molar-refractivity contribution in [1.82, 2.24) is 5.32 Å². The zero-order chi connectivity index (χ0) is 63.1. The second kappa shape index (κ2) is 57.3. The quantitative estimate of drug-likeness (QED) is 0.0204. The molecule has 0 aromatic heterocycles. The summed E-state index contributed by atoms with van der Waals surface area (Å²) in [4.78, 5) is 13.3. The maximum absolute atomic E-state index is 13.3. The fourth-order valence-electron chi connectivity index (χ4n) is 11.5. The van der Waals surface area contributed by atoms with Crippen molar-refractivity contribution in [2.75, 3.05) is 19.8 Å². The molecule has 0 spiro atoms. The highest BCUT2D eigenvalue weighted by Crippen LogP contribution is 2.30. The number of aliphatic hydroxyl groups excluding tert-OH is 8. The van der Waals surface area contributed by atoms with Crippen LogP contribution in [0.4, 0.5) is 0 Å². The van der Waals surface area contributed by atoms with Crippen molar-refractivity contribution in [1.29, 1.82) is 0 Å². The van der Waals surface area contributed by atoms with E-state index in [1.807, 2.05) is 6.08 Å². The molecule has 0 saturated carbocycles. The molecule has 12 unspecified atom stereocenters. The van der Waals surface area contributed by atoms with Gasteiger partial charge in [-0.05, 0) is 70.6 Å². The Bertz CT molecular complexity index is 1740. The van der Waals surface area contributed by atoms with Gasteiger partial charge < -0.3 is 65.1 Å². The molecule has 2 fully saturated rings. The minimum absolute atomic E-state index is 0.257. The number of carbonyl (C=O) groups is 1. The predicted octanol–water partition coefficient (Wildman–Crippen LogP) is 14.6. The first-order valence-electron chi connectivity index (χ1n) is 35.7. The number of rotatable bonds is 58. The van der Waals surface area contributed by atoms with Crippen LogP contribution >= 0.6 is 0 Å². The monoisotopic (exact) mass is 1230 g/mol. The number of allylic oxidation sites excluding steroid dienone is 11. The van der Waals surface area contributed by atoms with Crippen LogP contribution in [0.5, 0.6) is 0 Å². The second-order valence-corrected chi connectivity index (χ2v) is 25.0. The molecule has 1 amide bonds. The zero-order valence-electron chi connectivity index (χ0n) is 55.0. The topological polar surface area (TPSA) is 228 Å². The van der Waals surface area contributed by atoms with Crippen LogP contribution in [0.15, 0.2) is 72.9 Å². The molecule has 2 heterocycles. The average molecular weight is 1230 g/mol. The largest absolute Gasteiger partial charge is 0.394 e. The number of hydrogen-bond donors (Lipinski definition) is 9. The zero-order valence-corrected chi connectivity index (χ0v) is 55.0. The van der Waals surface area contributed by atoms with Gasteiger partial charge in [-0.2, -0.15) is 0 Å². The summed E-state index contributed by atoms with van der Waals surface area (Å²) in [7, 11) is 0. The van der Waals surface area contributed by atoms with E-state index in [9.17, 15) is 45.6 Å². The van der Waals surface area contributed by atoms with E-state index in [-0.39, 0.29) is 18.9 Å². The Balaban J connectivity index is 1.68. The van der Waals surface area contributed by atoms with Gasteiger partial charge in [0.05, 0.1) is 32.0 Å².